The lowest BCUT2D eigenvalue weighted by Crippen LogP contribution is -2.44. The first-order valence-corrected chi connectivity index (χ1v) is 7.52. The highest BCUT2D eigenvalue weighted by Crippen LogP contribution is 2.11. The molecule has 0 bridgehead atoms. The number of carbonyl (C=O) groups excluding carboxylic acids is 2. The Morgan fingerprint density at radius 3 is 2.36 bits per heavy atom. The lowest BCUT2D eigenvalue weighted by molar-refractivity contribution is -0.157. The molecule has 0 heterocycles. The summed E-state index contributed by atoms with van der Waals surface area (Å²) < 4.78 is 10.4. The van der Waals surface area contributed by atoms with E-state index in [-0.39, 0.29) is 6.61 Å². The number of alkyl carbamates (subject to hydrolysis) is 1. The number of amides is 1. The van der Waals surface area contributed by atoms with E-state index >= 15 is 0 Å². The van der Waals surface area contributed by atoms with E-state index in [2.05, 4.69) is 5.32 Å². The Hall–Kier alpha value is -2.04. The van der Waals surface area contributed by atoms with Gasteiger partial charge in [-0.25, -0.2) is 9.59 Å². The SMILES string of the molecule is CCCC(NC(=O)OCc1ccccc1)C(=O)OC(C)(C)C. The van der Waals surface area contributed by atoms with Gasteiger partial charge in [-0.05, 0) is 32.8 Å². The van der Waals surface area contributed by atoms with Crippen molar-refractivity contribution in [1.29, 1.82) is 0 Å². The molecule has 0 spiro atoms. The van der Waals surface area contributed by atoms with Gasteiger partial charge in [0.1, 0.15) is 18.2 Å². The molecule has 0 fully saturated rings. The second-order valence-corrected chi connectivity index (χ2v) is 6.08. The van der Waals surface area contributed by atoms with Crippen LogP contribution in [-0.4, -0.2) is 23.7 Å². The molecular weight excluding hydrogens is 282 g/mol. The van der Waals surface area contributed by atoms with Crippen molar-refractivity contribution < 1.29 is 19.1 Å². The van der Waals surface area contributed by atoms with Gasteiger partial charge >= 0.3 is 12.1 Å². The largest absolute Gasteiger partial charge is 0.458 e. The van der Waals surface area contributed by atoms with Crippen molar-refractivity contribution in [2.45, 2.75) is 58.8 Å². The van der Waals surface area contributed by atoms with E-state index in [0.717, 1.165) is 12.0 Å². The Morgan fingerprint density at radius 1 is 1.18 bits per heavy atom. The number of ether oxygens (including phenoxy) is 2. The lowest BCUT2D eigenvalue weighted by Gasteiger charge is -2.24. The Kier molecular flexibility index (Phi) is 6.89. The third-order valence-electron chi connectivity index (χ3n) is 2.77. The second kappa shape index (κ2) is 8.41. The summed E-state index contributed by atoms with van der Waals surface area (Å²) in [5, 5.41) is 2.57. The first-order chi connectivity index (χ1) is 10.3. The van der Waals surface area contributed by atoms with Crippen LogP contribution in [-0.2, 0) is 20.9 Å². The summed E-state index contributed by atoms with van der Waals surface area (Å²) >= 11 is 0. The van der Waals surface area contributed by atoms with Gasteiger partial charge in [-0.3, -0.25) is 0 Å². The minimum Gasteiger partial charge on any atom is -0.458 e. The maximum Gasteiger partial charge on any atom is 0.408 e. The van der Waals surface area contributed by atoms with Crippen LogP contribution >= 0.6 is 0 Å². The third-order valence-corrected chi connectivity index (χ3v) is 2.77. The van der Waals surface area contributed by atoms with Crippen LogP contribution in [0.25, 0.3) is 0 Å². The Balaban J connectivity index is 2.51. The predicted molar refractivity (Wildman–Crippen MR) is 84.3 cm³/mol. The zero-order chi connectivity index (χ0) is 16.6. The number of esters is 1. The number of benzene rings is 1. The summed E-state index contributed by atoms with van der Waals surface area (Å²) in [5.74, 6) is -0.439. The molecule has 1 N–H and O–H groups in total. The standard InChI is InChI=1S/C17H25NO4/c1-5-9-14(15(19)22-17(2,3)4)18-16(20)21-12-13-10-7-6-8-11-13/h6-8,10-11,14H,5,9,12H2,1-4H3,(H,18,20). The molecule has 0 aliphatic carbocycles. The van der Waals surface area contributed by atoms with Crippen LogP contribution in [0.15, 0.2) is 30.3 Å². The highest BCUT2D eigenvalue weighted by atomic mass is 16.6. The van der Waals surface area contributed by atoms with Crippen molar-refractivity contribution in [1.82, 2.24) is 5.32 Å². The maximum atomic E-state index is 12.1. The minimum absolute atomic E-state index is 0.167. The second-order valence-electron chi connectivity index (χ2n) is 6.08. The third kappa shape index (κ3) is 7.11. The maximum absolute atomic E-state index is 12.1. The molecule has 0 saturated heterocycles. The molecule has 1 amide bonds. The molecule has 0 saturated carbocycles. The molecule has 1 aromatic rings. The van der Waals surface area contributed by atoms with Gasteiger partial charge in [0, 0.05) is 0 Å². The van der Waals surface area contributed by atoms with E-state index in [4.69, 9.17) is 9.47 Å². The lowest BCUT2D eigenvalue weighted by atomic mass is 10.1. The number of carbonyl (C=O) groups is 2. The van der Waals surface area contributed by atoms with Crippen molar-refractivity contribution in [3.63, 3.8) is 0 Å². The van der Waals surface area contributed by atoms with E-state index in [1.165, 1.54) is 0 Å². The van der Waals surface area contributed by atoms with Gasteiger partial charge in [-0.1, -0.05) is 43.7 Å². The number of rotatable bonds is 6. The quantitative estimate of drug-likeness (QED) is 0.818. The Labute approximate surface area is 132 Å². The normalized spacial score (nSPS) is 12.4. The van der Waals surface area contributed by atoms with Crippen LogP contribution in [0.3, 0.4) is 0 Å². The molecule has 1 rings (SSSR count). The first kappa shape index (κ1) is 18.0. The van der Waals surface area contributed by atoms with Crippen LogP contribution in [0.1, 0.15) is 46.1 Å². The summed E-state index contributed by atoms with van der Waals surface area (Å²) in [4.78, 5) is 23.9. The van der Waals surface area contributed by atoms with Crippen molar-refractivity contribution in [2.24, 2.45) is 0 Å². The van der Waals surface area contributed by atoms with Gasteiger partial charge in [-0.15, -0.1) is 0 Å². The first-order valence-electron chi connectivity index (χ1n) is 7.52. The molecule has 0 aliphatic heterocycles. The predicted octanol–water partition coefficient (Wildman–Crippen LogP) is 3.42. The molecule has 5 heteroatoms. The van der Waals surface area contributed by atoms with Gasteiger partial charge < -0.3 is 14.8 Å². The van der Waals surface area contributed by atoms with Crippen LogP contribution in [0, 0.1) is 0 Å². The van der Waals surface area contributed by atoms with Gasteiger partial charge in [-0.2, -0.15) is 0 Å². The summed E-state index contributed by atoms with van der Waals surface area (Å²) in [6, 6.07) is 8.68. The average Bonchev–Trinajstić information content (AvgIpc) is 2.44. The number of nitrogens with one attached hydrogen (secondary N) is 1. The average molecular weight is 307 g/mol. The molecule has 5 nitrogen and oxygen atoms in total. The zero-order valence-electron chi connectivity index (χ0n) is 13.7. The topological polar surface area (TPSA) is 64.6 Å². The summed E-state index contributed by atoms with van der Waals surface area (Å²) in [6.45, 7) is 7.49. The molecule has 22 heavy (non-hydrogen) atoms. The van der Waals surface area contributed by atoms with Crippen molar-refractivity contribution >= 4 is 12.1 Å². The monoisotopic (exact) mass is 307 g/mol. The van der Waals surface area contributed by atoms with Crippen molar-refractivity contribution in [2.75, 3.05) is 0 Å². The summed E-state index contributed by atoms with van der Waals surface area (Å²) in [7, 11) is 0. The molecule has 0 aromatic heterocycles. The van der Waals surface area contributed by atoms with Crippen molar-refractivity contribution in [3.05, 3.63) is 35.9 Å². The van der Waals surface area contributed by atoms with Gasteiger partial charge in [0.15, 0.2) is 0 Å². The fourth-order valence-electron chi connectivity index (χ4n) is 1.82. The number of hydrogen-bond acceptors (Lipinski definition) is 4. The summed E-state index contributed by atoms with van der Waals surface area (Å²) in [6.07, 6.45) is 0.645. The molecular formula is C17H25NO4. The molecule has 0 radical (unpaired) electrons. The van der Waals surface area contributed by atoms with Gasteiger partial charge in [0.2, 0.25) is 0 Å². The van der Waals surface area contributed by atoms with E-state index in [1.807, 2.05) is 37.3 Å². The molecule has 1 unspecified atom stereocenters. The number of hydrogen-bond donors (Lipinski definition) is 1. The fourth-order valence-corrected chi connectivity index (χ4v) is 1.82. The smallest absolute Gasteiger partial charge is 0.408 e. The van der Waals surface area contributed by atoms with Crippen molar-refractivity contribution in [3.8, 4) is 0 Å². The Bertz CT molecular complexity index is 479. The van der Waals surface area contributed by atoms with Gasteiger partial charge in [0.05, 0.1) is 0 Å². The molecule has 1 aromatic carbocycles. The molecule has 0 aliphatic rings. The molecule has 1 atom stereocenters. The van der Waals surface area contributed by atoms with Crippen LogP contribution < -0.4 is 5.32 Å². The van der Waals surface area contributed by atoms with Crippen LogP contribution in [0.4, 0.5) is 4.79 Å². The Morgan fingerprint density at radius 2 is 1.82 bits per heavy atom. The van der Waals surface area contributed by atoms with Crippen LogP contribution in [0.2, 0.25) is 0 Å². The summed E-state index contributed by atoms with van der Waals surface area (Å²) in [5.41, 5.74) is 0.306. The zero-order valence-corrected chi connectivity index (χ0v) is 13.7. The van der Waals surface area contributed by atoms with E-state index < -0.39 is 23.7 Å². The van der Waals surface area contributed by atoms with Crippen LogP contribution in [0.5, 0.6) is 0 Å². The highest BCUT2D eigenvalue weighted by Gasteiger charge is 2.26. The fraction of sp³-hybridized carbons (Fsp3) is 0.529. The minimum atomic E-state index is -0.688. The van der Waals surface area contributed by atoms with E-state index in [1.54, 1.807) is 20.8 Å². The highest BCUT2D eigenvalue weighted by molar-refractivity contribution is 5.81. The van der Waals surface area contributed by atoms with Gasteiger partial charge in [0.25, 0.3) is 0 Å². The van der Waals surface area contributed by atoms with E-state index in [0.29, 0.717) is 6.42 Å². The van der Waals surface area contributed by atoms with E-state index in [9.17, 15) is 9.59 Å². The molecule has 122 valence electrons.